The van der Waals surface area contributed by atoms with Crippen LogP contribution in [-0.4, -0.2) is 41.5 Å². The molecule has 34 heavy (non-hydrogen) atoms. The summed E-state index contributed by atoms with van der Waals surface area (Å²) in [6, 6.07) is 14.3. The normalized spacial score (nSPS) is 13.6. The highest BCUT2D eigenvalue weighted by Gasteiger charge is 2.17. The summed E-state index contributed by atoms with van der Waals surface area (Å²) < 4.78 is 5.73. The van der Waals surface area contributed by atoms with Crippen molar-refractivity contribution in [1.82, 2.24) is 10.2 Å². The Morgan fingerprint density at radius 2 is 1.68 bits per heavy atom. The lowest BCUT2D eigenvalue weighted by atomic mass is 10.1. The molecule has 6 nitrogen and oxygen atoms in total. The number of unbranched alkanes of at least 4 members (excludes halogenated alkanes) is 3. The third-order valence-electron chi connectivity index (χ3n) is 5.87. The van der Waals surface area contributed by atoms with Gasteiger partial charge in [0, 0.05) is 29.9 Å². The van der Waals surface area contributed by atoms with E-state index in [2.05, 4.69) is 17.6 Å². The second-order valence-electron chi connectivity index (χ2n) is 8.63. The van der Waals surface area contributed by atoms with E-state index < -0.39 is 0 Å². The molecule has 0 bridgehead atoms. The highest BCUT2D eigenvalue weighted by molar-refractivity contribution is 7.80. The van der Waals surface area contributed by atoms with Crippen molar-refractivity contribution < 1.29 is 14.3 Å². The van der Waals surface area contributed by atoms with Crippen LogP contribution in [0.2, 0.25) is 0 Å². The first-order chi connectivity index (χ1) is 16.6. The van der Waals surface area contributed by atoms with E-state index in [1.165, 1.54) is 25.7 Å². The lowest BCUT2D eigenvalue weighted by Gasteiger charge is -2.20. The van der Waals surface area contributed by atoms with E-state index in [9.17, 15) is 9.59 Å². The zero-order valence-corrected chi connectivity index (χ0v) is 20.8. The summed E-state index contributed by atoms with van der Waals surface area (Å²) in [5.74, 6) is 0.483. The summed E-state index contributed by atoms with van der Waals surface area (Å²) in [7, 11) is 0. The van der Waals surface area contributed by atoms with Crippen LogP contribution in [0.3, 0.4) is 0 Å². The maximum absolute atomic E-state index is 12.9. The smallest absolute Gasteiger partial charge is 0.257 e. The molecule has 0 spiro atoms. The predicted octanol–water partition coefficient (Wildman–Crippen LogP) is 5.79. The molecule has 1 fully saturated rings. The van der Waals surface area contributed by atoms with Crippen molar-refractivity contribution in [3.8, 4) is 5.75 Å². The fraction of sp³-hybridized carbons (Fsp3) is 0.444. The van der Waals surface area contributed by atoms with E-state index in [4.69, 9.17) is 17.0 Å². The van der Waals surface area contributed by atoms with Gasteiger partial charge in [0.05, 0.1) is 6.61 Å². The van der Waals surface area contributed by atoms with Gasteiger partial charge in [-0.2, -0.15) is 0 Å². The second kappa shape index (κ2) is 13.7. The Labute approximate surface area is 208 Å². The predicted molar refractivity (Wildman–Crippen MR) is 141 cm³/mol. The SMILES string of the molecule is CCCCCCOc1ccc(C(=O)NC(=S)Nc2cccc(C(=O)N3CCCCCC3)c2)cc1. The van der Waals surface area contributed by atoms with E-state index in [0.29, 0.717) is 23.4 Å². The molecule has 1 saturated heterocycles. The highest BCUT2D eigenvalue weighted by atomic mass is 32.1. The molecule has 0 radical (unpaired) electrons. The van der Waals surface area contributed by atoms with Gasteiger partial charge in [-0.1, -0.05) is 45.1 Å². The number of rotatable bonds is 9. The summed E-state index contributed by atoms with van der Waals surface area (Å²) in [4.78, 5) is 27.4. The van der Waals surface area contributed by atoms with E-state index in [1.54, 1.807) is 30.3 Å². The van der Waals surface area contributed by atoms with Crippen LogP contribution in [0.5, 0.6) is 5.75 Å². The lowest BCUT2D eigenvalue weighted by Crippen LogP contribution is -2.34. The van der Waals surface area contributed by atoms with Crippen LogP contribution in [-0.2, 0) is 0 Å². The zero-order valence-electron chi connectivity index (χ0n) is 20.0. The summed E-state index contributed by atoms with van der Waals surface area (Å²) in [5.41, 5.74) is 1.77. The number of anilines is 1. The second-order valence-corrected chi connectivity index (χ2v) is 9.04. The van der Waals surface area contributed by atoms with Gasteiger partial charge in [-0.3, -0.25) is 14.9 Å². The molecule has 182 valence electrons. The number of carbonyl (C=O) groups is 2. The standard InChI is InChI=1S/C27H35N3O3S/c1-2-3-4-9-19-33-24-15-13-21(14-16-24)25(31)29-27(34)28-23-12-10-11-22(20-23)26(32)30-17-7-5-6-8-18-30/h10-16,20H,2-9,17-19H2,1H3,(H2,28,29,31,34). The van der Waals surface area contributed by atoms with Crippen LogP contribution in [0.15, 0.2) is 48.5 Å². The largest absolute Gasteiger partial charge is 0.494 e. The number of hydrogen-bond acceptors (Lipinski definition) is 4. The number of hydrogen-bond donors (Lipinski definition) is 2. The zero-order chi connectivity index (χ0) is 24.2. The van der Waals surface area contributed by atoms with Crippen LogP contribution in [0, 0.1) is 0 Å². The van der Waals surface area contributed by atoms with Crippen molar-refractivity contribution in [1.29, 1.82) is 0 Å². The lowest BCUT2D eigenvalue weighted by molar-refractivity contribution is 0.0761. The van der Waals surface area contributed by atoms with Crippen molar-refractivity contribution in [3.05, 3.63) is 59.7 Å². The molecule has 2 N–H and O–H groups in total. The van der Waals surface area contributed by atoms with Crippen LogP contribution in [0.1, 0.15) is 79.0 Å². The first-order valence-electron chi connectivity index (χ1n) is 12.3. The number of nitrogens with one attached hydrogen (secondary N) is 2. The van der Waals surface area contributed by atoms with Gasteiger partial charge in [0.15, 0.2) is 5.11 Å². The quantitative estimate of drug-likeness (QED) is 0.350. The van der Waals surface area contributed by atoms with Crippen molar-refractivity contribution >= 4 is 34.8 Å². The van der Waals surface area contributed by atoms with Gasteiger partial charge in [0.2, 0.25) is 0 Å². The number of carbonyl (C=O) groups excluding carboxylic acids is 2. The molecule has 0 unspecified atom stereocenters. The summed E-state index contributed by atoms with van der Waals surface area (Å²) in [5, 5.41) is 5.89. The minimum atomic E-state index is -0.302. The molecule has 2 aromatic carbocycles. The molecule has 1 aliphatic heterocycles. The van der Waals surface area contributed by atoms with Crippen LogP contribution in [0.4, 0.5) is 5.69 Å². The van der Waals surface area contributed by atoms with Gasteiger partial charge in [-0.25, -0.2) is 0 Å². The number of benzene rings is 2. The van der Waals surface area contributed by atoms with E-state index in [-0.39, 0.29) is 16.9 Å². The number of amides is 2. The van der Waals surface area contributed by atoms with Gasteiger partial charge in [-0.05, 0) is 73.9 Å². The molecule has 7 heteroatoms. The molecule has 2 aromatic rings. The number of nitrogens with zero attached hydrogens (tertiary/aromatic N) is 1. The van der Waals surface area contributed by atoms with Crippen LogP contribution >= 0.6 is 12.2 Å². The van der Waals surface area contributed by atoms with Crippen molar-refractivity contribution in [2.24, 2.45) is 0 Å². The van der Waals surface area contributed by atoms with Crippen LogP contribution < -0.4 is 15.4 Å². The Morgan fingerprint density at radius 1 is 0.941 bits per heavy atom. The first kappa shape index (κ1) is 25.7. The van der Waals surface area contributed by atoms with Crippen molar-refractivity contribution in [3.63, 3.8) is 0 Å². The molecule has 3 rings (SSSR count). The molecular formula is C27H35N3O3S. The maximum atomic E-state index is 12.9. The van der Waals surface area contributed by atoms with Crippen LogP contribution in [0.25, 0.3) is 0 Å². The summed E-state index contributed by atoms with van der Waals surface area (Å²) in [6.07, 6.45) is 9.05. The van der Waals surface area contributed by atoms with Gasteiger partial charge in [0.1, 0.15) is 5.75 Å². The first-order valence-corrected chi connectivity index (χ1v) is 12.7. The topological polar surface area (TPSA) is 70.7 Å². The molecule has 2 amide bonds. The highest BCUT2D eigenvalue weighted by Crippen LogP contribution is 2.17. The fourth-order valence-corrected chi connectivity index (χ4v) is 4.16. The van der Waals surface area contributed by atoms with E-state index in [1.807, 2.05) is 23.1 Å². The third-order valence-corrected chi connectivity index (χ3v) is 6.07. The van der Waals surface area contributed by atoms with E-state index >= 15 is 0 Å². The Kier molecular flexibility index (Phi) is 10.3. The number of thiocarbonyl (C=S) groups is 1. The van der Waals surface area contributed by atoms with Gasteiger partial charge in [-0.15, -0.1) is 0 Å². The van der Waals surface area contributed by atoms with Gasteiger partial charge >= 0.3 is 0 Å². The Balaban J connectivity index is 1.49. The molecular weight excluding hydrogens is 446 g/mol. The molecule has 1 heterocycles. The van der Waals surface area contributed by atoms with Crippen molar-refractivity contribution in [2.45, 2.75) is 58.3 Å². The minimum Gasteiger partial charge on any atom is -0.494 e. The molecule has 0 atom stereocenters. The monoisotopic (exact) mass is 481 g/mol. The van der Waals surface area contributed by atoms with Crippen molar-refractivity contribution in [2.75, 3.05) is 25.0 Å². The fourth-order valence-electron chi connectivity index (χ4n) is 3.95. The average molecular weight is 482 g/mol. The summed E-state index contributed by atoms with van der Waals surface area (Å²) >= 11 is 5.32. The molecule has 1 aliphatic rings. The third kappa shape index (κ3) is 8.13. The molecule has 0 aliphatic carbocycles. The van der Waals surface area contributed by atoms with E-state index in [0.717, 1.165) is 44.5 Å². The van der Waals surface area contributed by atoms with Gasteiger partial charge in [0.25, 0.3) is 11.8 Å². The molecule has 0 saturated carbocycles. The Morgan fingerprint density at radius 3 is 2.38 bits per heavy atom. The minimum absolute atomic E-state index is 0.0353. The maximum Gasteiger partial charge on any atom is 0.257 e. The average Bonchev–Trinajstić information content (AvgIpc) is 3.13. The Bertz CT molecular complexity index is 954. The number of likely N-dealkylation sites (tertiary alicyclic amines) is 1. The molecule has 0 aromatic heterocycles. The Hall–Kier alpha value is -2.93. The van der Waals surface area contributed by atoms with Gasteiger partial charge < -0.3 is 15.0 Å². The summed E-state index contributed by atoms with van der Waals surface area (Å²) in [6.45, 7) is 4.46. The number of ether oxygens (including phenoxy) is 1.